The van der Waals surface area contributed by atoms with E-state index in [9.17, 15) is 4.79 Å². The van der Waals surface area contributed by atoms with Crippen LogP contribution in [-0.4, -0.2) is 43.9 Å². The number of likely N-dealkylation sites (tertiary alicyclic amines) is 1. The number of ketones is 1. The van der Waals surface area contributed by atoms with Gasteiger partial charge in [-0.25, -0.2) is 0 Å². The molecule has 3 nitrogen and oxygen atoms in total. The Morgan fingerprint density at radius 1 is 1.46 bits per heavy atom. The van der Waals surface area contributed by atoms with E-state index in [0.29, 0.717) is 0 Å². The van der Waals surface area contributed by atoms with E-state index in [1.807, 2.05) is 7.05 Å². The molecule has 1 rings (SSSR count). The van der Waals surface area contributed by atoms with Crippen LogP contribution in [0.4, 0.5) is 0 Å². The molecule has 0 aromatic heterocycles. The molecule has 78 valence electrons. The second kappa shape index (κ2) is 7.04. The number of likely N-dealkylation sites (N-methyl/N-ethyl adjacent to an activating group) is 2. The van der Waals surface area contributed by atoms with Gasteiger partial charge in [0.25, 0.3) is 0 Å². The summed E-state index contributed by atoms with van der Waals surface area (Å²) in [5.41, 5.74) is 0. The molecule has 3 heteroatoms. The smallest absolute Gasteiger partial charge is 0.126 e. The van der Waals surface area contributed by atoms with Crippen molar-refractivity contribution in [1.29, 1.82) is 0 Å². The van der Waals surface area contributed by atoms with Crippen molar-refractivity contribution in [3.05, 3.63) is 0 Å². The van der Waals surface area contributed by atoms with E-state index in [1.54, 1.807) is 0 Å². The summed E-state index contributed by atoms with van der Waals surface area (Å²) in [5.74, 6) is 0.167. The van der Waals surface area contributed by atoms with Crippen molar-refractivity contribution < 1.29 is 4.79 Å². The van der Waals surface area contributed by atoms with Crippen LogP contribution in [0.3, 0.4) is 0 Å². The number of nitrogens with one attached hydrogen (secondary N) is 1. The second-order valence-electron chi connectivity index (χ2n) is 3.80. The van der Waals surface area contributed by atoms with Crippen molar-refractivity contribution in [3.8, 4) is 0 Å². The average molecular weight is 186 g/mol. The van der Waals surface area contributed by atoms with Crippen LogP contribution in [0.25, 0.3) is 0 Å². The molecule has 1 aliphatic heterocycles. The maximum absolute atomic E-state index is 9.44. The first-order chi connectivity index (χ1) is 6.06. The molecule has 0 aliphatic carbocycles. The lowest BCUT2D eigenvalue weighted by Gasteiger charge is -2.29. The van der Waals surface area contributed by atoms with Gasteiger partial charge in [0, 0.05) is 12.6 Å². The number of nitrogens with zero attached hydrogens (tertiary/aromatic N) is 1. The lowest BCUT2D eigenvalue weighted by atomic mass is 10.1. The predicted molar refractivity (Wildman–Crippen MR) is 55.9 cm³/mol. The quantitative estimate of drug-likeness (QED) is 0.660. The van der Waals surface area contributed by atoms with Crippen molar-refractivity contribution in [1.82, 2.24) is 10.2 Å². The predicted octanol–water partition coefficient (Wildman–Crippen LogP) is 0.895. The summed E-state index contributed by atoms with van der Waals surface area (Å²) in [6, 6.07) is 0.740. The number of carbonyl (C=O) groups excluding carboxylic acids is 1. The summed E-state index contributed by atoms with van der Waals surface area (Å²) < 4.78 is 0. The van der Waals surface area contributed by atoms with Gasteiger partial charge >= 0.3 is 0 Å². The summed E-state index contributed by atoms with van der Waals surface area (Å²) in [6.07, 6.45) is 2.70. The maximum atomic E-state index is 9.44. The third-order valence-electron chi connectivity index (χ3n) is 2.03. The molecular formula is C10H22N2O. The first-order valence-corrected chi connectivity index (χ1v) is 4.89. The largest absolute Gasteiger partial charge is 0.316 e. The highest BCUT2D eigenvalue weighted by Crippen LogP contribution is 2.06. The van der Waals surface area contributed by atoms with Gasteiger partial charge in [0.2, 0.25) is 0 Å². The molecule has 1 fully saturated rings. The molecule has 0 spiro atoms. The lowest BCUT2D eigenvalue weighted by Crippen LogP contribution is -2.42. The van der Waals surface area contributed by atoms with Gasteiger partial charge in [-0.15, -0.1) is 0 Å². The van der Waals surface area contributed by atoms with E-state index < -0.39 is 0 Å². The zero-order valence-corrected chi connectivity index (χ0v) is 9.26. The zero-order chi connectivity index (χ0) is 10.3. The van der Waals surface area contributed by atoms with Gasteiger partial charge in [0.1, 0.15) is 5.78 Å². The van der Waals surface area contributed by atoms with E-state index >= 15 is 0 Å². The Kier molecular flexibility index (Phi) is 6.82. The second-order valence-corrected chi connectivity index (χ2v) is 3.80. The standard InChI is InChI=1S/C7H16N2.C3H6O/c1-8-7-4-3-5-9(2)6-7;1-3(2)4/h7-8H,3-6H2,1-2H3;1-2H3. The fraction of sp³-hybridized carbons (Fsp3) is 0.900. The molecular weight excluding hydrogens is 164 g/mol. The lowest BCUT2D eigenvalue weighted by molar-refractivity contribution is -0.114. The van der Waals surface area contributed by atoms with Gasteiger partial charge in [0.05, 0.1) is 0 Å². The van der Waals surface area contributed by atoms with Crippen molar-refractivity contribution >= 4 is 5.78 Å². The van der Waals surface area contributed by atoms with E-state index in [2.05, 4.69) is 17.3 Å². The van der Waals surface area contributed by atoms with Gasteiger partial charge in [0.15, 0.2) is 0 Å². The monoisotopic (exact) mass is 186 g/mol. The van der Waals surface area contributed by atoms with E-state index in [0.717, 1.165) is 6.04 Å². The summed E-state index contributed by atoms with van der Waals surface area (Å²) in [7, 11) is 4.23. The highest BCUT2D eigenvalue weighted by Gasteiger charge is 2.13. The fourth-order valence-corrected chi connectivity index (χ4v) is 1.40. The van der Waals surface area contributed by atoms with Crippen LogP contribution in [0.2, 0.25) is 0 Å². The van der Waals surface area contributed by atoms with E-state index in [4.69, 9.17) is 0 Å². The summed E-state index contributed by atoms with van der Waals surface area (Å²) >= 11 is 0. The molecule has 0 radical (unpaired) electrons. The summed E-state index contributed by atoms with van der Waals surface area (Å²) in [5, 5.41) is 3.29. The van der Waals surface area contributed by atoms with Crippen molar-refractivity contribution in [2.24, 2.45) is 0 Å². The first-order valence-electron chi connectivity index (χ1n) is 4.89. The fourth-order valence-electron chi connectivity index (χ4n) is 1.40. The molecule has 1 unspecified atom stereocenters. The third-order valence-corrected chi connectivity index (χ3v) is 2.03. The number of piperidine rings is 1. The third kappa shape index (κ3) is 7.94. The van der Waals surface area contributed by atoms with E-state index in [-0.39, 0.29) is 5.78 Å². The molecule has 1 heterocycles. The maximum Gasteiger partial charge on any atom is 0.126 e. The van der Waals surface area contributed by atoms with Crippen LogP contribution in [0.15, 0.2) is 0 Å². The van der Waals surface area contributed by atoms with Crippen LogP contribution in [-0.2, 0) is 4.79 Å². The van der Waals surface area contributed by atoms with Gasteiger partial charge in [-0.05, 0) is 47.3 Å². The Morgan fingerprint density at radius 2 is 2.00 bits per heavy atom. The van der Waals surface area contributed by atoms with Gasteiger partial charge in [-0.3, -0.25) is 0 Å². The highest BCUT2D eigenvalue weighted by atomic mass is 16.1. The normalized spacial score (nSPS) is 23.2. The van der Waals surface area contributed by atoms with Crippen molar-refractivity contribution in [3.63, 3.8) is 0 Å². The number of Topliss-reactive ketones (excluding diaryl/α,β-unsaturated/α-hetero) is 1. The van der Waals surface area contributed by atoms with Crippen molar-refractivity contribution in [2.75, 3.05) is 27.2 Å². The van der Waals surface area contributed by atoms with Gasteiger partial charge < -0.3 is 15.0 Å². The van der Waals surface area contributed by atoms with Crippen LogP contribution in [0.1, 0.15) is 26.7 Å². The topological polar surface area (TPSA) is 32.3 Å². The minimum atomic E-state index is 0.167. The molecule has 1 saturated heterocycles. The number of hydrogen-bond acceptors (Lipinski definition) is 3. The average Bonchev–Trinajstić information content (AvgIpc) is 2.03. The van der Waals surface area contributed by atoms with Crippen LogP contribution in [0.5, 0.6) is 0 Å². The molecule has 1 aliphatic rings. The van der Waals surface area contributed by atoms with E-state index in [1.165, 1.54) is 39.8 Å². The molecule has 0 amide bonds. The Labute approximate surface area is 81.5 Å². The minimum absolute atomic E-state index is 0.167. The highest BCUT2D eigenvalue weighted by molar-refractivity contribution is 5.72. The molecule has 0 aromatic carbocycles. The molecule has 13 heavy (non-hydrogen) atoms. The van der Waals surface area contributed by atoms with Crippen LogP contribution >= 0.6 is 0 Å². The zero-order valence-electron chi connectivity index (χ0n) is 9.26. The summed E-state index contributed by atoms with van der Waals surface area (Å²) in [4.78, 5) is 11.8. The van der Waals surface area contributed by atoms with Crippen LogP contribution in [0, 0.1) is 0 Å². The van der Waals surface area contributed by atoms with Gasteiger partial charge in [-0.1, -0.05) is 0 Å². The molecule has 0 saturated carbocycles. The first kappa shape index (κ1) is 12.6. The molecule has 1 N–H and O–H groups in total. The molecule has 0 bridgehead atoms. The number of hydrogen-bond donors (Lipinski definition) is 1. The SMILES string of the molecule is CC(C)=O.CNC1CCCN(C)C1. The Balaban J connectivity index is 0.000000310. The number of rotatable bonds is 1. The summed E-state index contributed by atoms with van der Waals surface area (Å²) in [6.45, 7) is 5.55. The Hall–Kier alpha value is -0.410. The van der Waals surface area contributed by atoms with Crippen molar-refractivity contribution in [2.45, 2.75) is 32.7 Å². The Morgan fingerprint density at radius 3 is 2.31 bits per heavy atom. The number of carbonyl (C=O) groups is 1. The van der Waals surface area contributed by atoms with Gasteiger partial charge in [-0.2, -0.15) is 0 Å². The molecule has 0 aromatic rings. The molecule has 1 atom stereocenters. The van der Waals surface area contributed by atoms with Crippen LogP contribution < -0.4 is 5.32 Å². The Bertz CT molecular complexity index is 144. The minimum Gasteiger partial charge on any atom is -0.316 e.